The lowest BCUT2D eigenvalue weighted by atomic mass is 9.92. The Morgan fingerprint density at radius 3 is 2.11 bits per heavy atom. The Hall–Kier alpha value is -4.04. The van der Waals surface area contributed by atoms with Gasteiger partial charge in [0.25, 0.3) is 0 Å². The average Bonchev–Trinajstić information content (AvgIpc) is 2.89. The Morgan fingerprint density at radius 1 is 0.921 bits per heavy atom. The molecular weight excluding hydrogens is 498 g/mol. The Morgan fingerprint density at radius 2 is 1.53 bits per heavy atom. The van der Waals surface area contributed by atoms with Crippen LogP contribution in [0.15, 0.2) is 87.4 Å². The van der Waals surface area contributed by atoms with Gasteiger partial charge in [0.2, 0.25) is 5.78 Å². The number of aliphatic imine (C=N–C) groups is 2. The standard InChI is InChI=1S/C30H31N3O4S/c1-6-33(7-2)23-16-20(3)29(21(4)17-23)32-27-18-28(30(34)26-11-9-8-10-25(26)27)37-19-31-22-12-14-24(15-13-22)38(5,35)36/h8-19H,6-7H2,1-5H3. The first-order valence-corrected chi connectivity index (χ1v) is 14.3. The molecule has 0 radical (unpaired) electrons. The second-order valence-corrected chi connectivity index (χ2v) is 11.1. The lowest BCUT2D eigenvalue weighted by molar-refractivity contribution is 0.0983. The van der Waals surface area contributed by atoms with Crippen molar-refractivity contribution >= 4 is 44.8 Å². The molecule has 1 aliphatic rings. The van der Waals surface area contributed by atoms with Gasteiger partial charge in [-0.3, -0.25) is 4.79 Å². The van der Waals surface area contributed by atoms with Crippen molar-refractivity contribution in [3.05, 3.63) is 94.8 Å². The highest BCUT2D eigenvalue weighted by Gasteiger charge is 2.25. The van der Waals surface area contributed by atoms with Gasteiger partial charge in [-0.2, -0.15) is 0 Å². The first-order valence-electron chi connectivity index (χ1n) is 12.4. The summed E-state index contributed by atoms with van der Waals surface area (Å²) in [7, 11) is -3.29. The van der Waals surface area contributed by atoms with Gasteiger partial charge >= 0.3 is 0 Å². The normalized spacial score (nSPS) is 14.5. The minimum atomic E-state index is -3.29. The molecule has 0 bridgehead atoms. The zero-order valence-electron chi connectivity index (χ0n) is 22.2. The molecule has 0 aromatic heterocycles. The molecule has 3 aromatic rings. The number of allylic oxidation sites excluding steroid dienone is 2. The van der Waals surface area contributed by atoms with Gasteiger partial charge in [-0.15, -0.1) is 0 Å². The second-order valence-electron chi connectivity index (χ2n) is 9.10. The summed E-state index contributed by atoms with van der Waals surface area (Å²) < 4.78 is 29.0. The average molecular weight is 530 g/mol. The van der Waals surface area contributed by atoms with E-state index in [-0.39, 0.29) is 16.4 Å². The van der Waals surface area contributed by atoms with Crippen molar-refractivity contribution in [2.24, 2.45) is 9.98 Å². The fourth-order valence-electron chi connectivity index (χ4n) is 4.41. The fraction of sp³-hybridized carbons (Fsp3) is 0.233. The molecule has 38 heavy (non-hydrogen) atoms. The van der Waals surface area contributed by atoms with Crippen LogP contribution in [0.25, 0.3) is 0 Å². The summed E-state index contributed by atoms with van der Waals surface area (Å²) in [6.07, 6.45) is 3.97. The van der Waals surface area contributed by atoms with Gasteiger partial charge in [-0.1, -0.05) is 24.3 Å². The van der Waals surface area contributed by atoms with E-state index >= 15 is 0 Å². The quantitative estimate of drug-likeness (QED) is 0.259. The molecule has 7 nitrogen and oxygen atoms in total. The van der Waals surface area contributed by atoms with Crippen molar-refractivity contribution in [1.82, 2.24) is 0 Å². The first-order chi connectivity index (χ1) is 18.1. The van der Waals surface area contributed by atoms with Gasteiger partial charge < -0.3 is 9.64 Å². The van der Waals surface area contributed by atoms with Gasteiger partial charge in [0.1, 0.15) is 0 Å². The third-order valence-corrected chi connectivity index (χ3v) is 7.55. The monoisotopic (exact) mass is 529 g/mol. The lowest BCUT2D eigenvalue weighted by Gasteiger charge is -2.23. The van der Waals surface area contributed by atoms with E-state index in [0.29, 0.717) is 17.0 Å². The molecule has 4 rings (SSSR count). The smallest absolute Gasteiger partial charge is 0.229 e. The maximum Gasteiger partial charge on any atom is 0.229 e. The van der Waals surface area contributed by atoms with Crippen molar-refractivity contribution in [3.63, 3.8) is 0 Å². The Bertz CT molecular complexity index is 1540. The fourth-order valence-corrected chi connectivity index (χ4v) is 5.04. The van der Waals surface area contributed by atoms with E-state index in [4.69, 9.17) is 9.73 Å². The number of carbonyl (C=O) groups excluding carboxylic acids is 1. The molecule has 0 saturated carbocycles. The number of ketones is 1. The number of carbonyl (C=O) groups is 1. The number of hydrogen-bond acceptors (Lipinski definition) is 7. The van der Waals surface area contributed by atoms with Crippen LogP contribution >= 0.6 is 0 Å². The molecule has 3 aromatic carbocycles. The SMILES string of the molecule is CCN(CC)c1cc(C)c(N=C2C=C(OC=Nc3ccc(S(C)(=O)=O)cc3)C(=O)c3ccccc32)c(C)c1. The number of hydrogen-bond donors (Lipinski definition) is 0. The minimum Gasteiger partial charge on any atom is -0.442 e. The predicted octanol–water partition coefficient (Wildman–Crippen LogP) is 6.13. The number of anilines is 1. The molecule has 0 fully saturated rings. The van der Waals surface area contributed by atoms with Crippen LogP contribution < -0.4 is 4.90 Å². The molecule has 0 unspecified atom stereocenters. The summed E-state index contributed by atoms with van der Waals surface area (Å²) in [6, 6.07) is 17.7. The van der Waals surface area contributed by atoms with E-state index in [2.05, 4.69) is 35.9 Å². The van der Waals surface area contributed by atoms with Gasteiger partial charge in [-0.05, 0) is 75.2 Å². The first kappa shape index (κ1) is 27.0. The summed E-state index contributed by atoms with van der Waals surface area (Å²) in [6.45, 7) is 10.2. The van der Waals surface area contributed by atoms with Crippen LogP contribution in [0.5, 0.6) is 0 Å². The summed E-state index contributed by atoms with van der Waals surface area (Å²) >= 11 is 0. The number of rotatable bonds is 8. The van der Waals surface area contributed by atoms with Crippen molar-refractivity contribution in [2.75, 3.05) is 24.2 Å². The van der Waals surface area contributed by atoms with Crippen LogP contribution in [0.1, 0.15) is 40.9 Å². The Kier molecular flexibility index (Phi) is 7.92. The number of nitrogens with zero attached hydrogens (tertiary/aromatic N) is 3. The van der Waals surface area contributed by atoms with Gasteiger partial charge in [0.15, 0.2) is 22.0 Å². The number of sulfone groups is 1. The maximum atomic E-state index is 13.1. The highest BCUT2D eigenvalue weighted by atomic mass is 32.2. The summed E-state index contributed by atoms with van der Waals surface area (Å²) in [5.74, 6) is -0.155. The number of fused-ring (bicyclic) bond motifs is 1. The van der Waals surface area contributed by atoms with E-state index in [1.54, 1.807) is 24.3 Å². The van der Waals surface area contributed by atoms with E-state index < -0.39 is 9.84 Å². The molecule has 0 saturated heterocycles. The van der Waals surface area contributed by atoms with Crippen LogP contribution in [0.4, 0.5) is 17.1 Å². The molecule has 0 amide bonds. The molecule has 0 atom stereocenters. The van der Waals surface area contributed by atoms with Crippen molar-refractivity contribution in [3.8, 4) is 0 Å². The van der Waals surface area contributed by atoms with Crippen molar-refractivity contribution < 1.29 is 17.9 Å². The molecule has 0 N–H and O–H groups in total. The zero-order chi connectivity index (χ0) is 27.4. The van der Waals surface area contributed by atoms with E-state index in [1.165, 1.54) is 18.5 Å². The number of ether oxygens (including phenoxy) is 1. The van der Waals surface area contributed by atoms with Crippen molar-refractivity contribution in [2.45, 2.75) is 32.6 Å². The predicted molar refractivity (Wildman–Crippen MR) is 153 cm³/mol. The summed E-state index contributed by atoms with van der Waals surface area (Å²) in [5.41, 5.74) is 6.48. The summed E-state index contributed by atoms with van der Waals surface area (Å²) in [4.78, 5) is 24.8. The van der Waals surface area contributed by atoms with Gasteiger partial charge in [-0.25, -0.2) is 18.4 Å². The molecule has 0 aliphatic heterocycles. The third-order valence-electron chi connectivity index (χ3n) is 6.42. The zero-order valence-corrected chi connectivity index (χ0v) is 23.0. The molecule has 0 spiro atoms. The summed E-state index contributed by atoms with van der Waals surface area (Å²) in [5, 5.41) is 0. The molecule has 196 valence electrons. The second kappa shape index (κ2) is 11.1. The van der Waals surface area contributed by atoms with Crippen LogP contribution in [0.3, 0.4) is 0 Å². The van der Waals surface area contributed by atoms with E-state index in [0.717, 1.165) is 47.4 Å². The van der Waals surface area contributed by atoms with Gasteiger partial charge in [0.05, 0.1) is 22.0 Å². The van der Waals surface area contributed by atoms with E-state index in [9.17, 15) is 13.2 Å². The van der Waals surface area contributed by atoms with Crippen LogP contribution in [0, 0.1) is 13.8 Å². The Balaban J connectivity index is 1.68. The maximum absolute atomic E-state index is 13.1. The third kappa shape index (κ3) is 5.75. The topological polar surface area (TPSA) is 88.4 Å². The van der Waals surface area contributed by atoms with E-state index in [1.807, 2.05) is 32.0 Å². The van der Waals surface area contributed by atoms with Crippen LogP contribution in [-0.2, 0) is 14.6 Å². The molecule has 8 heteroatoms. The highest BCUT2D eigenvalue weighted by molar-refractivity contribution is 7.90. The minimum absolute atomic E-state index is 0.106. The molecule has 1 aliphatic carbocycles. The number of aryl methyl sites for hydroxylation is 2. The van der Waals surface area contributed by atoms with Crippen LogP contribution in [0.2, 0.25) is 0 Å². The molecule has 0 heterocycles. The van der Waals surface area contributed by atoms with Crippen molar-refractivity contribution in [1.29, 1.82) is 0 Å². The number of benzene rings is 3. The largest absolute Gasteiger partial charge is 0.442 e. The number of Topliss-reactive ketones (excluding diaryl/α,β-unsaturated/α-hetero) is 1. The lowest BCUT2D eigenvalue weighted by Crippen LogP contribution is -2.22. The van der Waals surface area contributed by atoms with Gasteiger partial charge in [0, 0.05) is 42.2 Å². The highest BCUT2D eigenvalue weighted by Crippen LogP contribution is 2.32. The Labute approximate surface area is 224 Å². The van der Waals surface area contributed by atoms with Crippen LogP contribution in [-0.4, -0.2) is 45.7 Å². The molecular formula is C30H31N3O4S.